The van der Waals surface area contributed by atoms with E-state index in [-0.39, 0.29) is 18.5 Å². The minimum Gasteiger partial charge on any atom is -0.387 e. The van der Waals surface area contributed by atoms with Crippen LogP contribution in [0.25, 0.3) is 11.2 Å². The Kier molecular flexibility index (Phi) is 5.31. The number of anilines is 1. The van der Waals surface area contributed by atoms with Gasteiger partial charge in [-0.25, -0.2) is 15.0 Å². The lowest BCUT2D eigenvalue weighted by Gasteiger charge is -2.26. The van der Waals surface area contributed by atoms with Gasteiger partial charge in [-0.1, -0.05) is 18.2 Å². The van der Waals surface area contributed by atoms with Gasteiger partial charge >= 0.3 is 0 Å². The molecule has 3 aromatic rings. The molecule has 0 spiro atoms. The third kappa shape index (κ3) is 3.43. The zero-order chi connectivity index (χ0) is 20.7. The van der Waals surface area contributed by atoms with Crippen LogP contribution in [-0.2, 0) is 9.57 Å². The van der Waals surface area contributed by atoms with Gasteiger partial charge in [-0.05, 0) is 23.8 Å². The summed E-state index contributed by atoms with van der Waals surface area (Å²) in [6, 6.07) is 8.29. The lowest BCUT2D eigenvalue weighted by atomic mass is 10.1. The van der Waals surface area contributed by atoms with E-state index >= 15 is 0 Å². The maximum absolute atomic E-state index is 10.5. The van der Waals surface area contributed by atoms with Crippen molar-refractivity contribution in [2.75, 3.05) is 18.1 Å². The number of nitrogens with one attached hydrogen (secondary N) is 1. The second kappa shape index (κ2) is 8.10. The minimum atomic E-state index is -1.17. The molecule has 0 aliphatic carbocycles. The Morgan fingerprint density at radius 2 is 2.10 bits per heavy atom. The predicted octanol–water partition coefficient (Wildman–Crippen LogP) is 0.786. The normalized spacial score (nSPS) is 28.7. The summed E-state index contributed by atoms with van der Waals surface area (Å²) in [7, 11) is 0. The molecule has 1 unspecified atom stereocenters. The van der Waals surface area contributed by atoms with Crippen molar-refractivity contribution < 1.29 is 19.8 Å². The van der Waals surface area contributed by atoms with Crippen LogP contribution in [-0.4, -0.2) is 60.4 Å². The average Bonchev–Trinajstić information content (AvgIpc) is 3.31. The maximum atomic E-state index is 10.5. The number of ether oxygens (including phenoxy) is 1. The van der Waals surface area contributed by atoms with Gasteiger partial charge in [-0.15, -0.1) is 11.8 Å². The molecule has 4 heterocycles. The summed E-state index contributed by atoms with van der Waals surface area (Å²) >= 11 is 1.83. The standard InChI is InChI=1S/C19H22N6O4S/c20-17-14-18(22-8-21-17)25(9-23-14)19-16(27)15(26)12(29-19)7-28-24-11-5-6-30-13-4-2-1-3-10(11)13/h1-4,8-9,11-12,15-16,19,24,26-27H,5-7H2,(H2,20,21,22)/t11?,12-,15-,16-,19-/m1/s1. The number of hydrogen-bond acceptors (Lipinski definition) is 10. The van der Waals surface area contributed by atoms with Crippen molar-refractivity contribution in [2.24, 2.45) is 0 Å². The van der Waals surface area contributed by atoms with E-state index in [1.54, 1.807) is 4.57 Å². The van der Waals surface area contributed by atoms with Gasteiger partial charge in [0.05, 0.1) is 19.0 Å². The van der Waals surface area contributed by atoms with Crippen LogP contribution in [0.4, 0.5) is 5.82 Å². The molecular formula is C19H22N6O4S. The average molecular weight is 430 g/mol. The fraction of sp³-hybridized carbons (Fsp3) is 0.421. The van der Waals surface area contributed by atoms with Gasteiger partial charge in [-0.2, -0.15) is 5.48 Å². The number of hydroxylamine groups is 1. The van der Waals surface area contributed by atoms with E-state index in [2.05, 4.69) is 32.6 Å². The van der Waals surface area contributed by atoms with Gasteiger partial charge in [0.15, 0.2) is 17.7 Å². The van der Waals surface area contributed by atoms with Crippen LogP contribution in [0.1, 0.15) is 24.3 Å². The zero-order valence-electron chi connectivity index (χ0n) is 16.0. The van der Waals surface area contributed by atoms with Crippen molar-refractivity contribution in [3.63, 3.8) is 0 Å². The topological polar surface area (TPSA) is 141 Å². The van der Waals surface area contributed by atoms with E-state index < -0.39 is 24.5 Å². The minimum absolute atomic E-state index is 0.0685. The lowest BCUT2D eigenvalue weighted by Crippen LogP contribution is -2.36. The molecule has 5 rings (SSSR count). The molecule has 158 valence electrons. The molecule has 0 amide bonds. The Labute approximate surface area is 176 Å². The number of nitrogen functional groups attached to an aromatic ring is 1. The third-order valence-corrected chi connectivity index (χ3v) is 6.55. The summed E-state index contributed by atoms with van der Waals surface area (Å²) in [4.78, 5) is 19.2. The zero-order valence-corrected chi connectivity index (χ0v) is 16.8. The maximum Gasteiger partial charge on any atom is 0.167 e. The molecule has 2 aliphatic rings. The summed E-state index contributed by atoms with van der Waals surface area (Å²) in [5, 5.41) is 21.0. The largest absolute Gasteiger partial charge is 0.387 e. The number of hydrogen-bond donors (Lipinski definition) is 4. The van der Waals surface area contributed by atoms with Crippen LogP contribution < -0.4 is 11.2 Å². The van der Waals surface area contributed by atoms with E-state index in [1.807, 2.05) is 23.9 Å². The molecule has 5 N–H and O–H groups in total. The Morgan fingerprint density at radius 1 is 1.23 bits per heavy atom. The number of aliphatic hydroxyl groups excluding tert-OH is 2. The number of nitrogens with zero attached hydrogens (tertiary/aromatic N) is 4. The van der Waals surface area contributed by atoms with Crippen LogP contribution in [0.2, 0.25) is 0 Å². The van der Waals surface area contributed by atoms with Gasteiger partial charge < -0.3 is 20.7 Å². The highest BCUT2D eigenvalue weighted by molar-refractivity contribution is 7.99. The molecule has 10 nitrogen and oxygen atoms in total. The quantitative estimate of drug-likeness (QED) is 0.429. The number of thioether (sulfide) groups is 1. The molecule has 1 saturated heterocycles. The van der Waals surface area contributed by atoms with Gasteiger partial charge in [-0.3, -0.25) is 9.40 Å². The number of aliphatic hydroxyl groups is 2. The van der Waals surface area contributed by atoms with Crippen LogP contribution in [0.15, 0.2) is 41.8 Å². The summed E-state index contributed by atoms with van der Waals surface area (Å²) in [5.41, 5.74) is 10.9. The van der Waals surface area contributed by atoms with E-state index in [1.165, 1.54) is 23.1 Å². The van der Waals surface area contributed by atoms with Crippen molar-refractivity contribution >= 4 is 28.7 Å². The summed E-state index contributed by atoms with van der Waals surface area (Å²) < 4.78 is 7.43. The number of benzene rings is 1. The highest BCUT2D eigenvalue weighted by Crippen LogP contribution is 2.36. The SMILES string of the molecule is Nc1ncnc2c1ncn2[C@@H]1O[C@H](CONC2CCSc3ccccc32)[C@@H](O)[C@H]1O. The molecule has 1 aromatic carbocycles. The van der Waals surface area contributed by atoms with Crippen molar-refractivity contribution in [2.45, 2.75) is 41.9 Å². The Morgan fingerprint density at radius 3 is 3.00 bits per heavy atom. The number of imidazole rings is 1. The van der Waals surface area contributed by atoms with E-state index in [4.69, 9.17) is 15.3 Å². The van der Waals surface area contributed by atoms with Crippen LogP contribution >= 0.6 is 11.8 Å². The Hall–Kier alpha value is -2.28. The number of nitrogens with two attached hydrogens (primary N) is 1. The molecule has 11 heteroatoms. The third-order valence-electron chi connectivity index (χ3n) is 5.43. The molecule has 1 fully saturated rings. The van der Waals surface area contributed by atoms with Gasteiger partial charge in [0.25, 0.3) is 0 Å². The molecule has 0 bridgehead atoms. The van der Waals surface area contributed by atoms with Crippen molar-refractivity contribution in [3.05, 3.63) is 42.5 Å². The number of fused-ring (bicyclic) bond motifs is 2. The fourth-order valence-electron chi connectivity index (χ4n) is 3.85. The van der Waals surface area contributed by atoms with Gasteiger partial charge in [0.2, 0.25) is 0 Å². The Bertz CT molecular complexity index is 1050. The first-order valence-electron chi connectivity index (χ1n) is 9.67. The molecule has 2 aromatic heterocycles. The van der Waals surface area contributed by atoms with Crippen LogP contribution in [0.5, 0.6) is 0 Å². The second-order valence-corrected chi connectivity index (χ2v) is 8.42. The van der Waals surface area contributed by atoms with Crippen molar-refractivity contribution in [1.82, 2.24) is 25.0 Å². The van der Waals surface area contributed by atoms with Gasteiger partial charge in [0, 0.05) is 4.90 Å². The molecule has 30 heavy (non-hydrogen) atoms. The lowest BCUT2D eigenvalue weighted by molar-refractivity contribution is -0.0933. The fourth-order valence-corrected chi connectivity index (χ4v) is 4.97. The first kappa shape index (κ1) is 19.7. The molecule has 0 radical (unpaired) electrons. The van der Waals surface area contributed by atoms with Crippen molar-refractivity contribution in [3.8, 4) is 0 Å². The Balaban J connectivity index is 1.25. The smallest absolute Gasteiger partial charge is 0.167 e. The summed E-state index contributed by atoms with van der Waals surface area (Å²) in [5.74, 6) is 1.24. The molecule has 5 atom stereocenters. The summed E-state index contributed by atoms with van der Waals surface area (Å²) in [6.45, 7) is 0.0737. The number of aromatic nitrogens is 4. The van der Waals surface area contributed by atoms with E-state index in [0.717, 1.165) is 12.2 Å². The van der Waals surface area contributed by atoms with Crippen molar-refractivity contribution in [1.29, 1.82) is 0 Å². The molecule has 2 aliphatic heterocycles. The van der Waals surface area contributed by atoms with Crippen LogP contribution in [0.3, 0.4) is 0 Å². The van der Waals surface area contributed by atoms with E-state index in [0.29, 0.717) is 11.2 Å². The molecule has 0 saturated carbocycles. The highest BCUT2D eigenvalue weighted by atomic mass is 32.2. The van der Waals surface area contributed by atoms with Crippen LogP contribution in [0, 0.1) is 0 Å². The molecular weight excluding hydrogens is 408 g/mol. The van der Waals surface area contributed by atoms with Gasteiger partial charge in [0.1, 0.15) is 30.2 Å². The first-order valence-corrected chi connectivity index (χ1v) is 10.7. The first-order chi connectivity index (χ1) is 14.6. The second-order valence-electron chi connectivity index (χ2n) is 7.29. The van der Waals surface area contributed by atoms with E-state index in [9.17, 15) is 10.2 Å². The monoisotopic (exact) mass is 430 g/mol. The highest BCUT2D eigenvalue weighted by Gasteiger charge is 2.44. The predicted molar refractivity (Wildman–Crippen MR) is 109 cm³/mol. The number of rotatable bonds is 5. The summed E-state index contributed by atoms with van der Waals surface area (Å²) in [6.07, 6.45) is -0.153.